The van der Waals surface area contributed by atoms with Gasteiger partial charge >= 0.3 is 0 Å². The van der Waals surface area contributed by atoms with Crippen LogP contribution in [0.4, 0.5) is 0 Å². The minimum absolute atomic E-state index is 0.141. The molecule has 2 heteroatoms. The van der Waals surface area contributed by atoms with E-state index in [0.717, 1.165) is 25.2 Å². The van der Waals surface area contributed by atoms with Gasteiger partial charge in [0.1, 0.15) is 0 Å². The van der Waals surface area contributed by atoms with Gasteiger partial charge in [-0.3, -0.25) is 4.79 Å². The van der Waals surface area contributed by atoms with Gasteiger partial charge in [-0.1, -0.05) is 0 Å². The Balaban J connectivity index is 1.89. The highest BCUT2D eigenvalue weighted by Gasteiger charge is 2.65. The van der Waals surface area contributed by atoms with Crippen molar-refractivity contribution in [2.45, 2.75) is 50.7 Å². The van der Waals surface area contributed by atoms with Crippen molar-refractivity contribution in [2.75, 3.05) is 0 Å². The summed E-state index contributed by atoms with van der Waals surface area (Å²) in [5.41, 5.74) is 1.86. The first-order valence-corrected chi connectivity index (χ1v) is 6.04. The summed E-state index contributed by atoms with van der Waals surface area (Å²) in [7, 11) is 0. The number of carbonyl (C=O) groups excluding carboxylic acids is 1. The Labute approximate surface area is 89.7 Å². The lowest BCUT2D eigenvalue weighted by Crippen LogP contribution is -2.41. The van der Waals surface area contributed by atoms with E-state index in [1.54, 1.807) is 0 Å². The third-order valence-corrected chi connectivity index (χ3v) is 5.23. The van der Waals surface area contributed by atoms with E-state index in [2.05, 4.69) is 6.92 Å². The highest BCUT2D eigenvalue weighted by atomic mass is 16.5. The molecule has 80 valence electrons. The van der Waals surface area contributed by atoms with Crippen LogP contribution in [0.25, 0.3) is 0 Å². The minimum Gasteiger partial charge on any atom is -0.367 e. The number of rotatable bonds is 0. The second-order valence-corrected chi connectivity index (χ2v) is 6.08. The van der Waals surface area contributed by atoms with Crippen molar-refractivity contribution in [3.8, 4) is 0 Å². The SMILES string of the molecule is C[C@]12C[C@@]34CCC(=O)C=C3[C@H](C[C@@H]1C4)O2. The lowest BCUT2D eigenvalue weighted by Gasteiger charge is -2.44. The van der Waals surface area contributed by atoms with Gasteiger partial charge in [-0.05, 0) is 55.6 Å². The second-order valence-electron chi connectivity index (χ2n) is 6.08. The van der Waals surface area contributed by atoms with E-state index in [9.17, 15) is 4.79 Å². The summed E-state index contributed by atoms with van der Waals surface area (Å²) in [5, 5.41) is 0. The number of ketones is 1. The average Bonchev–Trinajstić information content (AvgIpc) is 2.54. The molecule has 2 saturated heterocycles. The van der Waals surface area contributed by atoms with E-state index in [1.165, 1.54) is 18.4 Å². The molecule has 5 rings (SSSR count). The number of ether oxygens (including phenoxy) is 1. The van der Waals surface area contributed by atoms with Gasteiger partial charge in [0.05, 0.1) is 11.7 Å². The lowest BCUT2D eigenvalue weighted by atomic mass is 9.65. The first-order chi connectivity index (χ1) is 7.11. The van der Waals surface area contributed by atoms with Gasteiger partial charge in [0, 0.05) is 6.42 Å². The molecule has 1 spiro atoms. The predicted octanol–water partition coefficient (Wildman–Crippen LogP) is 2.23. The molecule has 0 aromatic heterocycles. The first kappa shape index (κ1) is 8.51. The molecule has 3 aliphatic carbocycles. The number of carbonyl (C=O) groups is 1. The van der Waals surface area contributed by atoms with Crippen LogP contribution in [-0.2, 0) is 9.53 Å². The molecule has 0 unspecified atom stereocenters. The van der Waals surface area contributed by atoms with Crippen LogP contribution >= 0.6 is 0 Å². The van der Waals surface area contributed by atoms with E-state index in [-0.39, 0.29) is 11.7 Å². The molecule has 0 amide bonds. The van der Waals surface area contributed by atoms with E-state index in [4.69, 9.17) is 4.74 Å². The first-order valence-electron chi connectivity index (χ1n) is 6.04. The van der Waals surface area contributed by atoms with Crippen molar-refractivity contribution in [1.82, 2.24) is 0 Å². The molecule has 4 fully saturated rings. The zero-order valence-corrected chi connectivity index (χ0v) is 9.08. The van der Waals surface area contributed by atoms with Gasteiger partial charge in [-0.15, -0.1) is 0 Å². The molecule has 2 nitrogen and oxygen atoms in total. The van der Waals surface area contributed by atoms with Crippen LogP contribution in [0.1, 0.15) is 39.0 Å². The van der Waals surface area contributed by atoms with E-state index in [0.29, 0.717) is 11.2 Å². The average molecular weight is 204 g/mol. The Morgan fingerprint density at radius 2 is 2.40 bits per heavy atom. The zero-order chi connectivity index (χ0) is 10.3. The highest BCUT2D eigenvalue weighted by molar-refractivity contribution is 5.92. The van der Waals surface area contributed by atoms with Gasteiger partial charge in [-0.2, -0.15) is 0 Å². The summed E-state index contributed by atoms with van der Waals surface area (Å²) >= 11 is 0. The third kappa shape index (κ3) is 0.840. The summed E-state index contributed by atoms with van der Waals surface area (Å²) in [5.74, 6) is 1.08. The Morgan fingerprint density at radius 1 is 1.53 bits per heavy atom. The molecule has 2 saturated carbocycles. The normalized spacial score (nSPS) is 55.8. The fourth-order valence-electron chi connectivity index (χ4n) is 4.62. The maximum Gasteiger partial charge on any atom is 0.155 e. The molecule has 0 aromatic rings. The summed E-state index contributed by atoms with van der Waals surface area (Å²) in [6.07, 6.45) is 7.65. The van der Waals surface area contributed by atoms with Crippen LogP contribution in [0.2, 0.25) is 0 Å². The van der Waals surface area contributed by atoms with Crippen LogP contribution < -0.4 is 0 Å². The smallest absolute Gasteiger partial charge is 0.155 e. The van der Waals surface area contributed by atoms with Crippen LogP contribution in [-0.4, -0.2) is 17.5 Å². The molecular weight excluding hydrogens is 188 g/mol. The third-order valence-electron chi connectivity index (χ3n) is 5.23. The Bertz CT molecular complexity index is 397. The van der Waals surface area contributed by atoms with Crippen LogP contribution in [0.5, 0.6) is 0 Å². The van der Waals surface area contributed by atoms with Gasteiger partial charge < -0.3 is 4.74 Å². The zero-order valence-electron chi connectivity index (χ0n) is 9.08. The molecule has 0 N–H and O–H groups in total. The molecule has 0 radical (unpaired) electrons. The maximum atomic E-state index is 11.5. The van der Waals surface area contributed by atoms with Crippen molar-refractivity contribution in [2.24, 2.45) is 11.3 Å². The number of allylic oxidation sites excluding steroid dienone is 1. The van der Waals surface area contributed by atoms with Crippen molar-refractivity contribution in [3.05, 3.63) is 11.6 Å². The summed E-state index contributed by atoms with van der Waals surface area (Å²) < 4.78 is 6.13. The molecule has 2 heterocycles. The molecule has 15 heavy (non-hydrogen) atoms. The highest BCUT2D eigenvalue weighted by Crippen LogP contribution is 2.68. The van der Waals surface area contributed by atoms with Crippen LogP contribution in [0, 0.1) is 11.3 Å². The van der Waals surface area contributed by atoms with Gasteiger partial charge in [0.2, 0.25) is 0 Å². The molecule has 4 bridgehead atoms. The molecular formula is C13H16O2. The molecule has 0 aromatic carbocycles. The van der Waals surface area contributed by atoms with Crippen molar-refractivity contribution in [1.29, 1.82) is 0 Å². The summed E-state index contributed by atoms with van der Waals surface area (Å²) in [6, 6.07) is 0. The van der Waals surface area contributed by atoms with Crippen molar-refractivity contribution < 1.29 is 9.53 Å². The number of hydrogen-bond acceptors (Lipinski definition) is 2. The standard InChI is InChI=1S/C13H16O2/c1-12-7-13-3-2-9(14)5-10(13)11(15-12)4-8(12)6-13/h5,8,11H,2-4,6-7H2,1H3/t8-,11+,12+,13+/m1/s1. The fraction of sp³-hybridized carbons (Fsp3) is 0.769. The molecule has 5 aliphatic rings. The van der Waals surface area contributed by atoms with Crippen molar-refractivity contribution in [3.63, 3.8) is 0 Å². The summed E-state index contributed by atoms with van der Waals surface area (Å²) in [4.78, 5) is 11.5. The molecule has 2 aliphatic heterocycles. The lowest BCUT2D eigenvalue weighted by molar-refractivity contribution is -0.117. The number of hydrogen-bond donors (Lipinski definition) is 0. The van der Waals surface area contributed by atoms with E-state index < -0.39 is 0 Å². The predicted molar refractivity (Wildman–Crippen MR) is 55.4 cm³/mol. The maximum absolute atomic E-state index is 11.5. The fourth-order valence-corrected chi connectivity index (χ4v) is 4.62. The largest absolute Gasteiger partial charge is 0.367 e. The van der Waals surface area contributed by atoms with Crippen LogP contribution in [0.15, 0.2) is 11.6 Å². The molecule has 4 atom stereocenters. The Kier molecular flexibility index (Phi) is 1.26. The Morgan fingerprint density at radius 3 is 3.20 bits per heavy atom. The van der Waals surface area contributed by atoms with Crippen molar-refractivity contribution >= 4 is 5.78 Å². The van der Waals surface area contributed by atoms with Gasteiger partial charge in [0.25, 0.3) is 0 Å². The monoisotopic (exact) mass is 204 g/mol. The second kappa shape index (κ2) is 2.22. The Hall–Kier alpha value is -0.630. The minimum atomic E-state index is 0.141. The topological polar surface area (TPSA) is 26.3 Å². The van der Waals surface area contributed by atoms with E-state index >= 15 is 0 Å². The van der Waals surface area contributed by atoms with E-state index in [1.807, 2.05) is 6.08 Å². The van der Waals surface area contributed by atoms with Gasteiger partial charge in [-0.25, -0.2) is 0 Å². The quantitative estimate of drug-likeness (QED) is 0.605. The van der Waals surface area contributed by atoms with Crippen LogP contribution in [0.3, 0.4) is 0 Å². The summed E-state index contributed by atoms with van der Waals surface area (Å²) in [6.45, 7) is 2.28. The van der Waals surface area contributed by atoms with Gasteiger partial charge in [0.15, 0.2) is 5.78 Å².